The van der Waals surface area contributed by atoms with Crippen LogP contribution in [0, 0.1) is 0 Å². The van der Waals surface area contributed by atoms with E-state index in [0.717, 1.165) is 17.7 Å². The molecule has 3 aromatic rings. The number of hydrogen-bond acceptors (Lipinski definition) is 2. The van der Waals surface area contributed by atoms with E-state index in [2.05, 4.69) is 47.0 Å². The summed E-state index contributed by atoms with van der Waals surface area (Å²) in [5.74, 6) is 0. The second-order valence-corrected chi connectivity index (χ2v) is 6.16. The van der Waals surface area contributed by atoms with Gasteiger partial charge in [0.25, 0.3) is 0 Å². The number of aldehydes is 1. The molecule has 0 radical (unpaired) electrons. The minimum Gasteiger partial charge on any atom is -0.309 e. The number of nitrogens with zero attached hydrogens (tertiary/aromatic N) is 1. The fraction of sp³-hybridized carbons (Fsp3) is 0.0556. The van der Waals surface area contributed by atoms with Gasteiger partial charge in [-0.2, -0.15) is 0 Å². The fourth-order valence-corrected chi connectivity index (χ4v) is 4.13. The van der Waals surface area contributed by atoms with Gasteiger partial charge in [-0.1, -0.05) is 42.5 Å². The molecule has 0 saturated carbocycles. The van der Waals surface area contributed by atoms with Gasteiger partial charge >= 0.3 is 0 Å². The summed E-state index contributed by atoms with van der Waals surface area (Å²) in [4.78, 5) is 12.6. The van der Waals surface area contributed by atoms with E-state index in [-0.39, 0.29) is 5.25 Å². The first-order valence-electron chi connectivity index (χ1n) is 6.86. The van der Waals surface area contributed by atoms with Crippen LogP contribution in [0.3, 0.4) is 0 Å². The van der Waals surface area contributed by atoms with E-state index < -0.39 is 0 Å². The Morgan fingerprint density at radius 3 is 2.48 bits per heavy atom. The number of aromatic nitrogens is 1. The number of rotatable bonds is 2. The Bertz CT molecular complexity index is 807. The summed E-state index contributed by atoms with van der Waals surface area (Å²) >= 11 is 1.84. The standard InChI is InChI=1S/C18H13NOS/c20-12-14-10-11-16-18(13-6-2-1-3-7-13)21-17-9-5-4-8-15(17)19(14)16/h1-12,18H/t18-/m0/s1. The maximum Gasteiger partial charge on any atom is 0.166 e. The van der Waals surface area contributed by atoms with Gasteiger partial charge in [-0.05, 0) is 29.8 Å². The predicted molar refractivity (Wildman–Crippen MR) is 85.3 cm³/mol. The summed E-state index contributed by atoms with van der Waals surface area (Å²) in [5, 5.41) is 0.217. The molecule has 1 aromatic heterocycles. The lowest BCUT2D eigenvalue weighted by molar-refractivity contribution is 0.111. The van der Waals surface area contributed by atoms with Crippen LogP contribution in [0.25, 0.3) is 5.69 Å². The molecule has 0 fully saturated rings. The Balaban J connectivity index is 1.96. The van der Waals surface area contributed by atoms with E-state index in [0.29, 0.717) is 5.69 Å². The van der Waals surface area contributed by atoms with E-state index in [4.69, 9.17) is 0 Å². The number of benzene rings is 2. The summed E-state index contributed by atoms with van der Waals surface area (Å²) in [6.45, 7) is 0. The van der Waals surface area contributed by atoms with Gasteiger partial charge in [0.05, 0.1) is 16.6 Å². The third-order valence-electron chi connectivity index (χ3n) is 3.78. The lowest BCUT2D eigenvalue weighted by atomic mass is 10.1. The zero-order chi connectivity index (χ0) is 14.2. The smallest absolute Gasteiger partial charge is 0.166 e. The lowest BCUT2D eigenvalue weighted by Gasteiger charge is -2.27. The molecular weight excluding hydrogens is 278 g/mol. The van der Waals surface area contributed by atoms with Crippen molar-refractivity contribution >= 4 is 18.0 Å². The number of carbonyl (C=O) groups is 1. The average molecular weight is 291 g/mol. The minimum absolute atomic E-state index is 0.217. The van der Waals surface area contributed by atoms with E-state index in [1.54, 1.807) is 0 Å². The first-order valence-corrected chi connectivity index (χ1v) is 7.74. The SMILES string of the molecule is O=Cc1ccc2n1-c1ccccc1S[C@H]2c1ccccc1. The fourth-order valence-electron chi connectivity index (χ4n) is 2.84. The van der Waals surface area contributed by atoms with Gasteiger partial charge in [0.2, 0.25) is 0 Å². The second-order valence-electron chi connectivity index (χ2n) is 5.01. The Labute approximate surface area is 127 Å². The molecule has 0 saturated heterocycles. The first kappa shape index (κ1) is 12.5. The zero-order valence-corrected chi connectivity index (χ0v) is 12.1. The van der Waals surface area contributed by atoms with E-state index in [1.807, 2.05) is 36.0 Å². The molecule has 1 aliphatic heterocycles. The molecule has 1 atom stereocenters. The summed E-state index contributed by atoms with van der Waals surface area (Å²) < 4.78 is 2.08. The van der Waals surface area contributed by atoms with Crippen LogP contribution in [0.4, 0.5) is 0 Å². The molecule has 2 nitrogen and oxygen atoms in total. The van der Waals surface area contributed by atoms with Gasteiger partial charge in [0, 0.05) is 10.6 Å². The molecule has 0 unspecified atom stereocenters. The maximum atomic E-state index is 11.4. The van der Waals surface area contributed by atoms with Gasteiger partial charge in [0.1, 0.15) is 0 Å². The van der Waals surface area contributed by atoms with Crippen molar-refractivity contribution in [2.75, 3.05) is 0 Å². The van der Waals surface area contributed by atoms with Crippen molar-refractivity contribution in [2.24, 2.45) is 0 Å². The number of fused-ring (bicyclic) bond motifs is 3. The zero-order valence-electron chi connectivity index (χ0n) is 11.3. The Kier molecular flexibility index (Phi) is 2.93. The Morgan fingerprint density at radius 2 is 1.67 bits per heavy atom. The summed E-state index contributed by atoms with van der Waals surface area (Å²) in [5.41, 5.74) is 4.22. The average Bonchev–Trinajstić information content (AvgIpc) is 2.99. The van der Waals surface area contributed by atoms with Crippen LogP contribution < -0.4 is 0 Å². The quantitative estimate of drug-likeness (QED) is 0.649. The minimum atomic E-state index is 0.217. The molecule has 2 aromatic carbocycles. The van der Waals surface area contributed by atoms with Crippen LogP contribution in [0.5, 0.6) is 0 Å². The number of hydrogen-bond donors (Lipinski definition) is 0. The summed E-state index contributed by atoms with van der Waals surface area (Å²) in [7, 11) is 0. The molecule has 3 heteroatoms. The maximum absolute atomic E-state index is 11.4. The van der Waals surface area contributed by atoms with Gasteiger partial charge in [-0.3, -0.25) is 4.79 Å². The second kappa shape index (κ2) is 4.93. The third-order valence-corrected chi connectivity index (χ3v) is 5.13. The van der Waals surface area contributed by atoms with Crippen molar-refractivity contribution in [3.05, 3.63) is 83.7 Å². The molecule has 21 heavy (non-hydrogen) atoms. The molecule has 4 rings (SSSR count). The predicted octanol–water partition coefficient (Wildman–Crippen LogP) is 4.48. The highest BCUT2D eigenvalue weighted by Gasteiger charge is 2.27. The topological polar surface area (TPSA) is 22.0 Å². The molecule has 1 aliphatic rings. The van der Waals surface area contributed by atoms with Gasteiger partial charge in [0.15, 0.2) is 6.29 Å². The molecule has 2 heterocycles. The van der Waals surface area contributed by atoms with Crippen molar-refractivity contribution in [3.63, 3.8) is 0 Å². The van der Waals surface area contributed by atoms with Crippen LogP contribution in [0.1, 0.15) is 27.0 Å². The van der Waals surface area contributed by atoms with E-state index >= 15 is 0 Å². The molecule has 0 aliphatic carbocycles. The number of thioether (sulfide) groups is 1. The third kappa shape index (κ3) is 1.93. The van der Waals surface area contributed by atoms with E-state index in [1.165, 1.54) is 10.5 Å². The van der Waals surface area contributed by atoms with Crippen molar-refractivity contribution in [1.82, 2.24) is 4.57 Å². The lowest BCUT2D eigenvalue weighted by Crippen LogP contribution is -2.13. The monoisotopic (exact) mass is 291 g/mol. The molecule has 0 amide bonds. The molecule has 0 spiro atoms. The largest absolute Gasteiger partial charge is 0.309 e. The summed E-state index contributed by atoms with van der Waals surface area (Å²) in [6.07, 6.45) is 0.929. The molecule has 0 N–H and O–H groups in total. The van der Waals surface area contributed by atoms with Crippen LogP contribution in [-0.2, 0) is 0 Å². The van der Waals surface area contributed by atoms with Gasteiger partial charge < -0.3 is 4.57 Å². The highest BCUT2D eigenvalue weighted by atomic mass is 32.2. The van der Waals surface area contributed by atoms with Crippen molar-refractivity contribution < 1.29 is 4.79 Å². The summed E-state index contributed by atoms with van der Waals surface area (Å²) in [6, 6.07) is 22.6. The highest BCUT2D eigenvalue weighted by Crippen LogP contribution is 2.47. The highest BCUT2D eigenvalue weighted by molar-refractivity contribution is 8.00. The van der Waals surface area contributed by atoms with Crippen molar-refractivity contribution in [3.8, 4) is 5.69 Å². The van der Waals surface area contributed by atoms with Crippen molar-refractivity contribution in [1.29, 1.82) is 0 Å². The van der Waals surface area contributed by atoms with Crippen LogP contribution in [0.2, 0.25) is 0 Å². The first-order chi connectivity index (χ1) is 10.4. The number of para-hydroxylation sites is 1. The molecular formula is C18H13NOS. The Morgan fingerprint density at radius 1 is 0.905 bits per heavy atom. The van der Waals surface area contributed by atoms with E-state index in [9.17, 15) is 4.79 Å². The molecule has 0 bridgehead atoms. The number of carbonyl (C=O) groups excluding carboxylic acids is 1. The van der Waals surface area contributed by atoms with Crippen LogP contribution in [-0.4, -0.2) is 10.9 Å². The van der Waals surface area contributed by atoms with Crippen molar-refractivity contribution in [2.45, 2.75) is 10.1 Å². The van der Waals surface area contributed by atoms with Gasteiger partial charge in [-0.15, -0.1) is 11.8 Å². The van der Waals surface area contributed by atoms with Gasteiger partial charge in [-0.25, -0.2) is 0 Å². The van der Waals surface area contributed by atoms with Crippen LogP contribution in [0.15, 0.2) is 71.6 Å². The molecule has 102 valence electrons. The Hall–Kier alpha value is -2.26. The normalized spacial score (nSPS) is 16.1. The van der Waals surface area contributed by atoms with Crippen LogP contribution >= 0.6 is 11.8 Å².